The summed E-state index contributed by atoms with van der Waals surface area (Å²) in [4.78, 5) is 12.0. The highest BCUT2D eigenvalue weighted by atomic mass is 32.2. The second-order valence-electron chi connectivity index (χ2n) is 6.40. The van der Waals surface area contributed by atoms with Gasteiger partial charge in [-0.25, -0.2) is 8.42 Å². The Bertz CT molecular complexity index is 854. The lowest BCUT2D eigenvalue weighted by Gasteiger charge is -2.22. The lowest BCUT2D eigenvalue weighted by molar-refractivity contribution is -0.119. The summed E-state index contributed by atoms with van der Waals surface area (Å²) in [6.45, 7) is 1.91. The van der Waals surface area contributed by atoms with Gasteiger partial charge in [-0.05, 0) is 31.9 Å². The quantitative estimate of drug-likeness (QED) is 0.874. The first-order valence-corrected chi connectivity index (χ1v) is 10.0. The Balaban J connectivity index is 1.69. The normalized spacial score (nSPS) is 15.9. The first-order valence-electron chi connectivity index (χ1n) is 8.37. The molecule has 1 heterocycles. The maximum absolute atomic E-state index is 12.3. The van der Waals surface area contributed by atoms with Gasteiger partial charge in [0.05, 0.1) is 0 Å². The topological polar surface area (TPSA) is 102 Å². The van der Waals surface area contributed by atoms with Crippen LogP contribution in [0.3, 0.4) is 0 Å². The minimum atomic E-state index is -3.96. The highest BCUT2D eigenvalue weighted by Crippen LogP contribution is 2.21. The first-order chi connectivity index (χ1) is 11.9. The third kappa shape index (κ3) is 4.45. The van der Waals surface area contributed by atoms with Crippen molar-refractivity contribution in [1.82, 2.24) is 15.5 Å². The van der Waals surface area contributed by atoms with Gasteiger partial charge < -0.3 is 9.73 Å². The maximum atomic E-state index is 12.3. The number of carbonyl (C=O) groups excluding carboxylic acids is 1. The number of benzene rings is 1. The Morgan fingerprint density at radius 1 is 1.24 bits per heavy atom. The molecule has 0 spiro atoms. The summed E-state index contributed by atoms with van der Waals surface area (Å²) in [5.74, 6) is -1.09. The molecule has 1 aromatic carbocycles. The molecule has 25 heavy (non-hydrogen) atoms. The van der Waals surface area contributed by atoms with Gasteiger partial charge >= 0.3 is 5.22 Å². The molecule has 2 aromatic rings. The summed E-state index contributed by atoms with van der Waals surface area (Å²) in [6.07, 6.45) is 5.06. The van der Waals surface area contributed by atoms with Crippen molar-refractivity contribution in [2.24, 2.45) is 0 Å². The number of carbonyl (C=O) groups is 1. The molecule has 3 rings (SSSR count). The molecule has 1 aromatic heterocycles. The van der Waals surface area contributed by atoms with E-state index in [4.69, 9.17) is 4.42 Å². The van der Waals surface area contributed by atoms with Gasteiger partial charge in [-0.15, -0.1) is 5.10 Å². The van der Waals surface area contributed by atoms with Crippen LogP contribution in [0.25, 0.3) is 11.5 Å². The van der Waals surface area contributed by atoms with Crippen molar-refractivity contribution < 1.29 is 17.6 Å². The summed E-state index contributed by atoms with van der Waals surface area (Å²) in [6, 6.07) is 7.36. The minimum absolute atomic E-state index is 0.0574. The highest BCUT2D eigenvalue weighted by molar-refractivity contribution is 7.91. The number of aromatic nitrogens is 2. The van der Waals surface area contributed by atoms with Crippen molar-refractivity contribution in [1.29, 1.82) is 0 Å². The summed E-state index contributed by atoms with van der Waals surface area (Å²) >= 11 is 0. The standard InChI is InChI=1S/C17H21N3O4S/c1-12-6-5-7-13(10-12)16-19-20-17(24-16)25(22,23)11-15(21)18-14-8-3-2-4-9-14/h5-7,10,14H,2-4,8-9,11H2,1H3,(H,18,21). The Hall–Kier alpha value is -2.22. The van der Waals surface area contributed by atoms with E-state index in [1.807, 2.05) is 25.1 Å². The van der Waals surface area contributed by atoms with E-state index in [2.05, 4.69) is 15.5 Å². The van der Waals surface area contributed by atoms with Crippen molar-refractivity contribution in [3.63, 3.8) is 0 Å². The third-order valence-electron chi connectivity index (χ3n) is 4.23. The number of aryl methyl sites for hydroxylation is 1. The molecule has 134 valence electrons. The van der Waals surface area contributed by atoms with Gasteiger partial charge in [0, 0.05) is 11.6 Å². The molecule has 1 fully saturated rings. The van der Waals surface area contributed by atoms with Crippen LogP contribution in [0.2, 0.25) is 0 Å². The van der Waals surface area contributed by atoms with Gasteiger partial charge in [-0.2, -0.15) is 0 Å². The lowest BCUT2D eigenvalue weighted by Crippen LogP contribution is -2.39. The molecule has 1 aliphatic rings. The molecule has 0 atom stereocenters. The molecule has 1 saturated carbocycles. The summed E-state index contributed by atoms with van der Waals surface area (Å²) in [5, 5.41) is 9.66. The fourth-order valence-corrected chi connectivity index (χ4v) is 3.90. The maximum Gasteiger partial charge on any atom is 0.336 e. The van der Waals surface area contributed by atoms with Gasteiger partial charge in [0.15, 0.2) is 0 Å². The largest absolute Gasteiger partial charge is 0.408 e. The van der Waals surface area contributed by atoms with Crippen LogP contribution < -0.4 is 5.32 Å². The molecule has 7 nitrogen and oxygen atoms in total. The Labute approximate surface area is 146 Å². The zero-order valence-electron chi connectivity index (χ0n) is 14.1. The predicted molar refractivity (Wildman–Crippen MR) is 91.5 cm³/mol. The average molecular weight is 363 g/mol. The fourth-order valence-electron chi connectivity index (χ4n) is 2.98. The van der Waals surface area contributed by atoms with Gasteiger partial charge in [0.1, 0.15) is 5.75 Å². The van der Waals surface area contributed by atoms with E-state index in [0.717, 1.165) is 37.7 Å². The summed E-state index contributed by atoms with van der Waals surface area (Å²) < 4.78 is 30.0. The highest BCUT2D eigenvalue weighted by Gasteiger charge is 2.27. The van der Waals surface area contributed by atoms with E-state index < -0.39 is 26.7 Å². The van der Waals surface area contributed by atoms with Gasteiger partial charge in [0.25, 0.3) is 0 Å². The predicted octanol–water partition coefficient (Wildman–Crippen LogP) is 2.27. The van der Waals surface area contributed by atoms with Crippen LogP contribution >= 0.6 is 0 Å². The molecular weight excluding hydrogens is 342 g/mol. The van der Waals surface area contributed by atoms with Crippen LogP contribution in [-0.4, -0.2) is 36.3 Å². The zero-order valence-corrected chi connectivity index (χ0v) is 14.9. The lowest BCUT2D eigenvalue weighted by atomic mass is 9.95. The number of rotatable bonds is 5. The van der Waals surface area contributed by atoms with Crippen LogP contribution in [0.4, 0.5) is 0 Å². The number of nitrogens with one attached hydrogen (secondary N) is 1. The number of hydrogen-bond donors (Lipinski definition) is 1. The van der Waals surface area contributed by atoms with E-state index in [0.29, 0.717) is 5.56 Å². The van der Waals surface area contributed by atoms with Crippen molar-refractivity contribution in [3.8, 4) is 11.5 Å². The first kappa shape index (κ1) is 17.6. The van der Waals surface area contributed by atoms with E-state index in [-0.39, 0.29) is 11.9 Å². The average Bonchev–Trinajstić information content (AvgIpc) is 3.06. The molecule has 1 aliphatic carbocycles. The SMILES string of the molecule is Cc1cccc(-c2nnc(S(=O)(=O)CC(=O)NC3CCCCC3)o2)c1. The van der Waals surface area contributed by atoms with Crippen molar-refractivity contribution in [2.75, 3.05) is 5.75 Å². The Morgan fingerprint density at radius 2 is 2.00 bits per heavy atom. The zero-order chi connectivity index (χ0) is 17.9. The Morgan fingerprint density at radius 3 is 2.72 bits per heavy atom. The van der Waals surface area contributed by atoms with E-state index in [9.17, 15) is 13.2 Å². The molecule has 0 radical (unpaired) electrons. The Kier molecular flexibility index (Phi) is 5.17. The monoisotopic (exact) mass is 363 g/mol. The molecule has 0 unspecified atom stereocenters. The summed E-state index contributed by atoms with van der Waals surface area (Å²) in [7, 11) is -3.96. The molecule has 0 aliphatic heterocycles. The van der Waals surface area contributed by atoms with Gasteiger partial charge in [-0.3, -0.25) is 4.79 Å². The van der Waals surface area contributed by atoms with E-state index in [1.165, 1.54) is 0 Å². The number of sulfone groups is 1. The second kappa shape index (κ2) is 7.35. The van der Waals surface area contributed by atoms with Gasteiger partial charge in [0.2, 0.25) is 21.6 Å². The van der Waals surface area contributed by atoms with Crippen LogP contribution in [0.5, 0.6) is 0 Å². The molecule has 1 amide bonds. The van der Waals surface area contributed by atoms with Crippen molar-refractivity contribution in [3.05, 3.63) is 29.8 Å². The van der Waals surface area contributed by atoms with Crippen LogP contribution in [0.1, 0.15) is 37.7 Å². The van der Waals surface area contributed by atoms with Gasteiger partial charge in [-0.1, -0.05) is 42.1 Å². The molecule has 0 saturated heterocycles. The number of hydrogen-bond acceptors (Lipinski definition) is 6. The smallest absolute Gasteiger partial charge is 0.336 e. The third-order valence-corrected chi connectivity index (χ3v) is 5.57. The minimum Gasteiger partial charge on any atom is -0.408 e. The van der Waals surface area contributed by atoms with Crippen molar-refractivity contribution >= 4 is 15.7 Å². The molecule has 0 bridgehead atoms. The molecule has 1 N–H and O–H groups in total. The van der Waals surface area contributed by atoms with Crippen LogP contribution in [-0.2, 0) is 14.6 Å². The van der Waals surface area contributed by atoms with Crippen LogP contribution in [0.15, 0.2) is 33.9 Å². The summed E-state index contributed by atoms with van der Waals surface area (Å²) in [5.41, 5.74) is 1.63. The number of amides is 1. The second-order valence-corrected chi connectivity index (χ2v) is 8.27. The molecular formula is C17H21N3O4S. The molecule has 8 heteroatoms. The van der Waals surface area contributed by atoms with Crippen molar-refractivity contribution in [2.45, 2.75) is 50.3 Å². The van der Waals surface area contributed by atoms with Crippen LogP contribution in [0, 0.1) is 6.92 Å². The fraction of sp³-hybridized carbons (Fsp3) is 0.471. The van der Waals surface area contributed by atoms with E-state index >= 15 is 0 Å². The van der Waals surface area contributed by atoms with E-state index in [1.54, 1.807) is 6.07 Å². The number of nitrogens with zero attached hydrogens (tertiary/aromatic N) is 2.